The van der Waals surface area contributed by atoms with Gasteiger partial charge in [0.05, 0.1) is 17.6 Å². The Morgan fingerprint density at radius 2 is 2.00 bits per heavy atom. The van der Waals surface area contributed by atoms with Gasteiger partial charge in [0.1, 0.15) is 0 Å². The van der Waals surface area contributed by atoms with E-state index in [-0.39, 0.29) is 24.2 Å². The fourth-order valence-corrected chi connectivity index (χ4v) is 2.09. The molecule has 0 bridgehead atoms. The van der Waals surface area contributed by atoms with Crippen LogP contribution in [0.1, 0.15) is 17.0 Å². The molecule has 1 aliphatic rings. The van der Waals surface area contributed by atoms with Crippen LogP contribution in [0.3, 0.4) is 0 Å². The second-order valence-electron chi connectivity index (χ2n) is 3.94. The molecule has 0 unspecified atom stereocenters. The predicted molar refractivity (Wildman–Crippen MR) is 65.1 cm³/mol. The normalized spacial score (nSPS) is 22.5. The first kappa shape index (κ1) is 13.5. The lowest BCUT2D eigenvalue weighted by Gasteiger charge is -2.14. The average molecular weight is 253 g/mol. The van der Waals surface area contributed by atoms with Gasteiger partial charge in [0.15, 0.2) is 0 Å². The summed E-state index contributed by atoms with van der Waals surface area (Å²) < 4.78 is 0. The molecule has 1 saturated heterocycles. The van der Waals surface area contributed by atoms with Crippen molar-refractivity contribution in [1.82, 2.24) is 5.32 Å². The smallest absolute Gasteiger partial charge is 0.308 e. The van der Waals surface area contributed by atoms with Crippen LogP contribution >= 0.6 is 12.4 Å². The zero-order chi connectivity index (χ0) is 11.5. The van der Waals surface area contributed by atoms with Crippen LogP contribution in [0.15, 0.2) is 24.3 Å². The van der Waals surface area contributed by atoms with Crippen LogP contribution in [0, 0.1) is 17.2 Å². The van der Waals surface area contributed by atoms with E-state index < -0.39 is 5.97 Å². The molecule has 1 aliphatic heterocycles. The quantitative estimate of drug-likeness (QED) is 0.834. The Kier molecular flexibility index (Phi) is 4.50. The van der Waals surface area contributed by atoms with Gasteiger partial charge >= 0.3 is 5.97 Å². The van der Waals surface area contributed by atoms with E-state index in [0.29, 0.717) is 18.7 Å². The third-order valence-electron chi connectivity index (χ3n) is 3.00. The number of rotatable bonds is 2. The monoisotopic (exact) mass is 252 g/mol. The van der Waals surface area contributed by atoms with E-state index in [2.05, 4.69) is 5.32 Å². The third kappa shape index (κ3) is 2.76. The minimum Gasteiger partial charge on any atom is -0.481 e. The number of halogens is 1. The number of carboxylic acids is 1. The number of nitriles is 1. The largest absolute Gasteiger partial charge is 0.481 e. The molecule has 90 valence electrons. The van der Waals surface area contributed by atoms with Crippen molar-refractivity contribution in [3.05, 3.63) is 35.4 Å². The van der Waals surface area contributed by atoms with E-state index in [1.54, 1.807) is 12.1 Å². The molecule has 0 amide bonds. The molecule has 1 heterocycles. The number of aliphatic carboxylic acids is 1. The summed E-state index contributed by atoms with van der Waals surface area (Å²) >= 11 is 0. The lowest BCUT2D eigenvalue weighted by atomic mass is 9.89. The number of hydrogen-bond donors (Lipinski definition) is 2. The van der Waals surface area contributed by atoms with Crippen LogP contribution in [0.4, 0.5) is 0 Å². The van der Waals surface area contributed by atoms with Crippen LogP contribution in [0.2, 0.25) is 0 Å². The zero-order valence-corrected chi connectivity index (χ0v) is 9.91. The molecule has 5 heteroatoms. The van der Waals surface area contributed by atoms with Crippen molar-refractivity contribution in [3.63, 3.8) is 0 Å². The van der Waals surface area contributed by atoms with Crippen molar-refractivity contribution in [2.75, 3.05) is 13.1 Å². The van der Waals surface area contributed by atoms with E-state index >= 15 is 0 Å². The van der Waals surface area contributed by atoms with Gasteiger partial charge in [0.25, 0.3) is 0 Å². The van der Waals surface area contributed by atoms with E-state index in [0.717, 1.165) is 5.56 Å². The third-order valence-corrected chi connectivity index (χ3v) is 3.00. The van der Waals surface area contributed by atoms with Gasteiger partial charge in [-0.05, 0) is 17.7 Å². The standard InChI is InChI=1S/C12H12N2O2.ClH/c13-5-8-1-3-9(4-2-8)10-6-14-7-11(10)12(15)16;/h1-4,10-11,14H,6-7H2,(H,15,16);1H/t10-,11+;/m1./s1. The number of carboxylic acid groups (broad SMARTS) is 1. The highest BCUT2D eigenvalue weighted by atomic mass is 35.5. The molecule has 2 N–H and O–H groups in total. The number of carbonyl (C=O) groups is 1. The zero-order valence-electron chi connectivity index (χ0n) is 9.09. The van der Waals surface area contributed by atoms with Gasteiger partial charge in [0, 0.05) is 19.0 Å². The first-order valence-electron chi connectivity index (χ1n) is 5.16. The maximum atomic E-state index is 11.0. The molecular formula is C12H13ClN2O2. The Morgan fingerprint density at radius 3 is 2.53 bits per heavy atom. The first-order valence-corrected chi connectivity index (χ1v) is 5.16. The second-order valence-corrected chi connectivity index (χ2v) is 3.94. The van der Waals surface area contributed by atoms with E-state index in [4.69, 9.17) is 10.4 Å². The van der Waals surface area contributed by atoms with Gasteiger partial charge in [-0.2, -0.15) is 5.26 Å². The molecule has 1 aromatic rings. The summed E-state index contributed by atoms with van der Waals surface area (Å²) in [6, 6.07) is 9.18. The lowest BCUT2D eigenvalue weighted by molar-refractivity contribution is -0.141. The van der Waals surface area contributed by atoms with Crippen LogP contribution in [-0.2, 0) is 4.79 Å². The summed E-state index contributed by atoms with van der Waals surface area (Å²) in [5.41, 5.74) is 1.58. The molecule has 0 saturated carbocycles. The Balaban J connectivity index is 0.00000144. The van der Waals surface area contributed by atoms with Gasteiger partial charge in [-0.3, -0.25) is 4.79 Å². The van der Waals surface area contributed by atoms with E-state index in [9.17, 15) is 4.79 Å². The lowest BCUT2D eigenvalue weighted by Crippen LogP contribution is -2.20. The van der Waals surface area contributed by atoms with Crippen molar-refractivity contribution < 1.29 is 9.90 Å². The fourth-order valence-electron chi connectivity index (χ4n) is 2.09. The summed E-state index contributed by atoms with van der Waals surface area (Å²) in [6.45, 7) is 1.20. The maximum Gasteiger partial charge on any atom is 0.308 e. The minimum atomic E-state index is -0.764. The maximum absolute atomic E-state index is 11.0. The SMILES string of the molecule is Cl.N#Cc1ccc([C@H]2CNC[C@@H]2C(=O)O)cc1. The minimum absolute atomic E-state index is 0. The molecule has 0 aliphatic carbocycles. The molecule has 1 fully saturated rings. The van der Waals surface area contributed by atoms with E-state index in [1.807, 2.05) is 18.2 Å². The predicted octanol–water partition coefficient (Wildman–Crippen LogP) is 1.37. The average Bonchev–Trinajstić information content (AvgIpc) is 2.78. The number of nitrogens with zero attached hydrogens (tertiary/aromatic N) is 1. The summed E-state index contributed by atoms with van der Waals surface area (Å²) in [7, 11) is 0. The van der Waals surface area contributed by atoms with Crippen LogP contribution < -0.4 is 5.32 Å². The van der Waals surface area contributed by atoms with Crippen LogP contribution in [0.25, 0.3) is 0 Å². The van der Waals surface area contributed by atoms with Gasteiger partial charge < -0.3 is 10.4 Å². The molecule has 0 aromatic heterocycles. The topological polar surface area (TPSA) is 73.1 Å². The molecule has 2 atom stereocenters. The molecule has 17 heavy (non-hydrogen) atoms. The number of nitrogens with one attached hydrogen (secondary N) is 1. The highest BCUT2D eigenvalue weighted by Crippen LogP contribution is 2.28. The van der Waals surface area contributed by atoms with Crippen molar-refractivity contribution in [1.29, 1.82) is 5.26 Å². The van der Waals surface area contributed by atoms with Crippen molar-refractivity contribution in [3.8, 4) is 6.07 Å². The summed E-state index contributed by atoms with van der Waals surface area (Å²) in [4.78, 5) is 11.0. The van der Waals surface area contributed by atoms with Crippen molar-refractivity contribution >= 4 is 18.4 Å². The molecule has 1 aromatic carbocycles. The molecular weight excluding hydrogens is 240 g/mol. The van der Waals surface area contributed by atoms with Crippen LogP contribution in [-0.4, -0.2) is 24.2 Å². The number of benzene rings is 1. The van der Waals surface area contributed by atoms with E-state index in [1.165, 1.54) is 0 Å². The van der Waals surface area contributed by atoms with Crippen molar-refractivity contribution in [2.45, 2.75) is 5.92 Å². The highest BCUT2D eigenvalue weighted by molar-refractivity contribution is 5.85. The molecule has 0 radical (unpaired) electrons. The summed E-state index contributed by atoms with van der Waals surface area (Å²) in [5.74, 6) is -1.13. The highest BCUT2D eigenvalue weighted by Gasteiger charge is 2.33. The summed E-state index contributed by atoms with van der Waals surface area (Å²) in [5, 5.41) is 20.8. The van der Waals surface area contributed by atoms with Gasteiger partial charge in [-0.1, -0.05) is 12.1 Å². The van der Waals surface area contributed by atoms with Crippen molar-refractivity contribution in [2.24, 2.45) is 5.92 Å². The Bertz CT molecular complexity index is 439. The van der Waals surface area contributed by atoms with Crippen LogP contribution in [0.5, 0.6) is 0 Å². The molecule has 4 nitrogen and oxygen atoms in total. The van der Waals surface area contributed by atoms with Gasteiger partial charge in [0.2, 0.25) is 0 Å². The molecule has 0 spiro atoms. The fraction of sp³-hybridized carbons (Fsp3) is 0.333. The Hall–Kier alpha value is -1.57. The Morgan fingerprint density at radius 1 is 1.35 bits per heavy atom. The van der Waals surface area contributed by atoms with Gasteiger partial charge in [-0.25, -0.2) is 0 Å². The van der Waals surface area contributed by atoms with Gasteiger partial charge in [-0.15, -0.1) is 12.4 Å². The summed E-state index contributed by atoms with van der Waals surface area (Å²) in [6.07, 6.45) is 0. The second kappa shape index (κ2) is 5.67. The first-order chi connectivity index (χ1) is 7.72. The number of hydrogen-bond acceptors (Lipinski definition) is 3. The molecule has 2 rings (SSSR count). The Labute approximate surface area is 106 Å².